The van der Waals surface area contributed by atoms with Gasteiger partial charge in [-0.3, -0.25) is 20.0 Å². The summed E-state index contributed by atoms with van der Waals surface area (Å²) in [4.78, 5) is 16.6. The average molecular weight is 731 g/mol. The van der Waals surface area contributed by atoms with Gasteiger partial charge in [0.2, 0.25) is 0 Å². The largest absolute Gasteiger partial charge is 4.00 e. The number of hydrogen-bond donors (Lipinski definition) is 2. The first-order valence-corrected chi connectivity index (χ1v) is 13.5. The van der Waals surface area contributed by atoms with Crippen LogP contribution in [0.25, 0.3) is 0 Å². The first-order chi connectivity index (χ1) is 21.5. The summed E-state index contributed by atoms with van der Waals surface area (Å²) in [5, 5.41) is 59.6. The van der Waals surface area contributed by atoms with Crippen LogP contribution in [0.2, 0.25) is 0 Å². The predicted molar refractivity (Wildman–Crippen MR) is 171 cm³/mol. The van der Waals surface area contributed by atoms with E-state index < -0.39 is 0 Å². The monoisotopic (exact) mass is 730 g/mol. The molecule has 0 spiro atoms. The van der Waals surface area contributed by atoms with Crippen molar-refractivity contribution in [1.82, 2.24) is 0 Å². The van der Waals surface area contributed by atoms with Gasteiger partial charge in [-0.2, -0.15) is 0 Å². The molecule has 4 aromatic rings. The molecule has 14 heteroatoms. The molecular weight excluding hydrogens is 694 g/mol. The summed E-state index contributed by atoms with van der Waals surface area (Å²) < 4.78 is 0. The van der Waals surface area contributed by atoms with Crippen molar-refractivity contribution in [3.63, 3.8) is 0 Å². The molecular formula is C34H36N4O8V2. The Hall–Kier alpha value is -4.23. The molecule has 12 nitrogen and oxygen atoms in total. The maximum absolute atomic E-state index is 11.4. The second kappa shape index (κ2) is 32.7. The van der Waals surface area contributed by atoms with E-state index in [1.165, 1.54) is 24.3 Å². The van der Waals surface area contributed by atoms with Crippen LogP contribution in [0.15, 0.2) is 117 Å². The zero-order valence-corrected chi connectivity index (χ0v) is 29.2. The van der Waals surface area contributed by atoms with Crippen molar-refractivity contribution in [2.45, 2.75) is 0 Å². The smallest absolute Gasteiger partial charge is 2.00 e. The Morgan fingerprint density at radius 2 is 0.562 bits per heavy atom. The van der Waals surface area contributed by atoms with E-state index in [4.69, 9.17) is 10.2 Å². The van der Waals surface area contributed by atoms with Crippen molar-refractivity contribution in [1.29, 1.82) is 0 Å². The van der Waals surface area contributed by atoms with Gasteiger partial charge in [-0.15, -0.1) is 23.0 Å². The normalized spacial score (nSPS) is 9.75. The third kappa shape index (κ3) is 20.8. The second-order valence-corrected chi connectivity index (χ2v) is 8.29. The Morgan fingerprint density at radius 1 is 0.396 bits per heavy atom. The topological polar surface area (TPSA) is 239 Å². The van der Waals surface area contributed by atoms with Gasteiger partial charge in [0.15, 0.2) is 0 Å². The number of rotatable bonds is 10. The van der Waals surface area contributed by atoms with Gasteiger partial charge in [0.05, 0.1) is 26.2 Å². The molecule has 0 amide bonds. The molecule has 0 fully saturated rings. The van der Waals surface area contributed by atoms with E-state index in [0.717, 1.165) is 14.2 Å². The third-order valence-electron chi connectivity index (χ3n) is 5.31. The van der Waals surface area contributed by atoms with E-state index >= 15 is 0 Å². The summed E-state index contributed by atoms with van der Waals surface area (Å²) in [5.74, 6) is -0.167. The van der Waals surface area contributed by atoms with Crippen molar-refractivity contribution in [2.75, 3.05) is 40.4 Å². The quantitative estimate of drug-likeness (QED) is 0.182. The van der Waals surface area contributed by atoms with Gasteiger partial charge < -0.3 is 41.6 Å². The van der Waals surface area contributed by atoms with Gasteiger partial charge in [0, 0.05) is 39.1 Å². The van der Waals surface area contributed by atoms with Crippen LogP contribution >= 0.6 is 0 Å². The Balaban J connectivity index is -0.000000340. The SMILES string of the molecule is CO.CO.[O-2].[O-2].[O-]c1ccccc1C=NCCN=Cc1ccccc1[O-].[O-]c1ccccc1C=NCCN=Cc1ccccc1[O-].[V+4].[V+4]. The number of para-hydroxylation sites is 4. The molecule has 250 valence electrons. The number of nitrogens with zero attached hydrogens (tertiary/aromatic N) is 4. The molecule has 0 aromatic heterocycles. The van der Waals surface area contributed by atoms with Crippen LogP contribution in [0.4, 0.5) is 0 Å². The molecule has 2 radical (unpaired) electrons. The van der Waals surface area contributed by atoms with Gasteiger partial charge in [-0.1, -0.05) is 97.1 Å². The number of benzene rings is 4. The van der Waals surface area contributed by atoms with Gasteiger partial charge in [0.1, 0.15) is 0 Å². The predicted octanol–water partition coefficient (Wildman–Crippen LogP) is 1.72. The Bertz CT molecular complexity index is 1270. The molecule has 0 aliphatic heterocycles. The number of aliphatic imine (C=N–C) groups is 4. The first kappa shape index (κ1) is 50.6. The Morgan fingerprint density at radius 3 is 0.729 bits per heavy atom. The minimum Gasteiger partial charge on any atom is -2.00 e. The zero-order valence-electron chi connectivity index (χ0n) is 26.4. The van der Waals surface area contributed by atoms with Gasteiger partial charge in [0.25, 0.3) is 0 Å². The molecule has 0 unspecified atom stereocenters. The van der Waals surface area contributed by atoms with E-state index in [1.54, 1.807) is 97.7 Å². The van der Waals surface area contributed by atoms with Crippen LogP contribution < -0.4 is 20.4 Å². The molecule has 0 bridgehead atoms. The van der Waals surface area contributed by atoms with Crippen molar-refractivity contribution >= 4 is 24.9 Å². The van der Waals surface area contributed by atoms with E-state index in [-0.39, 0.29) is 71.1 Å². The molecule has 4 rings (SSSR count). The average Bonchev–Trinajstić information content (AvgIpc) is 3.06. The summed E-state index contributed by atoms with van der Waals surface area (Å²) in [6, 6.07) is 26.9. The van der Waals surface area contributed by atoms with Crippen LogP contribution in [-0.2, 0) is 48.1 Å². The molecule has 0 saturated heterocycles. The van der Waals surface area contributed by atoms with Crippen molar-refractivity contribution in [3.8, 4) is 23.0 Å². The first-order valence-electron chi connectivity index (χ1n) is 13.5. The fourth-order valence-corrected chi connectivity index (χ4v) is 3.23. The minimum absolute atomic E-state index is 0. The van der Waals surface area contributed by atoms with Gasteiger partial charge in [-0.25, -0.2) is 0 Å². The van der Waals surface area contributed by atoms with Crippen LogP contribution in [0.3, 0.4) is 0 Å². The molecule has 4 aromatic carbocycles. The second-order valence-electron chi connectivity index (χ2n) is 8.29. The number of aliphatic hydroxyl groups excluding tert-OH is 2. The van der Waals surface area contributed by atoms with Gasteiger partial charge >= 0.3 is 37.1 Å². The maximum Gasteiger partial charge on any atom is 4.00 e. The fourth-order valence-electron chi connectivity index (χ4n) is 3.23. The van der Waals surface area contributed by atoms with Crippen molar-refractivity contribution in [3.05, 3.63) is 119 Å². The summed E-state index contributed by atoms with van der Waals surface area (Å²) in [7, 11) is 2.00. The Labute approximate surface area is 305 Å². The minimum atomic E-state index is -0.0416. The molecule has 0 aliphatic carbocycles. The summed E-state index contributed by atoms with van der Waals surface area (Å²) in [5.41, 5.74) is 2.28. The third-order valence-corrected chi connectivity index (χ3v) is 5.31. The van der Waals surface area contributed by atoms with Crippen LogP contribution in [0.1, 0.15) is 22.3 Å². The summed E-state index contributed by atoms with van der Waals surface area (Å²) in [6.07, 6.45) is 6.22. The molecule has 2 N–H and O–H groups in total. The van der Waals surface area contributed by atoms with Crippen LogP contribution in [-0.4, -0.2) is 75.5 Å². The molecule has 48 heavy (non-hydrogen) atoms. The maximum atomic E-state index is 11.4. The molecule has 0 saturated carbocycles. The zero-order chi connectivity index (χ0) is 32.4. The molecule has 0 atom stereocenters. The number of aliphatic hydroxyl groups is 2. The molecule has 0 aliphatic rings. The standard InChI is InChI=1S/2C16H16N2O2.2CH4O.2O.2V/c2*19-15-7-3-1-5-13(15)11-17-9-10-18-12-14-6-2-4-8-16(14)20;2*1-2;;;;/h2*1-8,11-12,19-20H,9-10H2;2*2H,1H3;;;;/q;;;;2*-2;2*+4/p-4. The van der Waals surface area contributed by atoms with E-state index in [2.05, 4.69) is 20.0 Å². The fraction of sp³-hybridized carbons (Fsp3) is 0.176. The van der Waals surface area contributed by atoms with E-state index in [0.29, 0.717) is 48.4 Å². The van der Waals surface area contributed by atoms with Crippen LogP contribution in [0.5, 0.6) is 23.0 Å². The summed E-state index contributed by atoms with van der Waals surface area (Å²) in [6.45, 7) is 1.91. The van der Waals surface area contributed by atoms with Gasteiger partial charge in [-0.05, 0) is 22.3 Å². The summed E-state index contributed by atoms with van der Waals surface area (Å²) >= 11 is 0. The van der Waals surface area contributed by atoms with Crippen molar-refractivity contribution < 1.29 is 78.7 Å². The van der Waals surface area contributed by atoms with Crippen molar-refractivity contribution in [2.24, 2.45) is 20.0 Å². The van der Waals surface area contributed by atoms with Crippen LogP contribution in [0, 0.1) is 0 Å². The molecule has 0 heterocycles. The number of hydrogen-bond acceptors (Lipinski definition) is 10. The van der Waals surface area contributed by atoms with E-state index in [9.17, 15) is 20.4 Å². The van der Waals surface area contributed by atoms with E-state index in [1.807, 2.05) is 0 Å². The Kier molecular flexibility index (Phi) is 34.5.